The Kier molecular flexibility index (Phi) is 5.14. The molecule has 0 radical (unpaired) electrons. The smallest absolute Gasteiger partial charge is 0.235 e. The largest absolute Gasteiger partial charge is 0.341 e. The Morgan fingerprint density at radius 2 is 1.75 bits per heavy atom. The zero-order chi connectivity index (χ0) is 14.7. The molecule has 20 heavy (non-hydrogen) atoms. The van der Waals surface area contributed by atoms with Crippen LogP contribution in [0.2, 0.25) is 0 Å². The van der Waals surface area contributed by atoms with Gasteiger partial charge in [0.05, 0.1) is 5.25 Å². The van der Waals surface area contributed by atoms with Crippen molar-refractivity contribution in [3.8, 4) is 0 Å². The lowest BCUT2D eigenvalue weighted by Crippen LogP contribution is -2.45. The topological polar surface area (TPSA) is 20.3 Å². The predicted octanol–water partition coefficient (Wildman–Crippen LogP) is 3.98. The molecule has 0 aliphatic carbocycles. The Hall–Kier alpha value is -0.960. The fraction of sp³-hybridized carbons (Fsp3) is 0.588. The lowest BCUT2D eigenvalue weighted by Gasteiger charge is -2.36. The van der Waals surface area contributed by atoms with Crippen LogP contribution in [0.15, 0.2) is 29.2 Å². The quantitative estimate of drug-likeness (QED) is 0.785. The number of carbonyl (C=O) groups is 1. The van der Waals surface area contributed by atoms with Crippen molar-refractivity contribution in [3.05, 3.63) is 29.8 Å². The normalized spacial score (nSPS) is 24.5. The summed E-state index contributed by atoms with van der Waals surface area (Å²) in [7, 11) is 0. The standard InChI is InChI=1S/C17H25NOS/c1-12-5-7-16(8-6-12)20-15(4)17(19)18-10-13(2)9-14(3)11-18/h5-8,13-15H,9-11H2,1-4H3. The zero-order valence-electron chi connectivity index (χ0n) is 12.9. The van der Waals surface area contributed by atoms with Crippen molar-refractivity contribution < 1.29 is 4.79 Å². The molecular formula is C17H25NOS. The maximum Gasteiger partial charge on any atom is 0.235 e. The number of thioether (sulfide) groups is 1. The molecule has 0 bridgehead atoms. The van der Waals surface area contributed by atoms with Gasteiger partial charge in [0.15, 0.2) is 0 Å². The lowest BCUT2D eigenvalue weighted by atomic mass is 9.92. The van der Waals surface area contributed by atoms with E-state index < -0.39 is 0 Å². The zero-order valence-corrected chi connectivity index (χ0v) is 13.7. The van der Waals surface area contributed by atoms with Crippen LogP contribution < -0.4 is 0 Å². The highest BCUT2D eigenvalue weighted by molar-refractivity contribution is 8.00. The number of rotatable bonds is 3. The monoisotopic (exact) mass is 291 g/mol. The van der Waals surface area contributed by atoms with Crippen molar-refractivity contribution in [2.24, 2.45) is 11.8 Å². The molecule has 1 aromatic carbocycles. The van der Waals surface area contributed by atoms with E-state index in [1.807, 2.05) is 6.92 Å². The number of likely N-dealkylation sites (tertiary alicyclic amines) is 1. The van der Waals surface area contributed by atoms with E-state index in [1.165, 1.54) is 16.9 Å². The molecule has 3 unspecified atom stereocenters. The first-order valence-corrected chi connectivity index (χ1v) is 8.35. The summed E-state index contributed by atoms with van der Waals surface area (Å²) in [6, 6.07) is 8.41. The second-order valence-corrected chi connectivity index (χ2v) is 7.68. The molecule has 1 heterocycles. The lowest BCUT2D eigenvalue weighted by molar-refractivity contribution is -0.132. The van der Waals surface area contributed by atoms with Crippen LogP contribution in [0, 0.1) is 18.8 Å². The van der Waals surface area contributed by atoms with Gasteiger partial charge in [-0.25, -0.2) is 0 Å². The molecule has 0 aromatic heterocycles. The molecule has 1 aliphatic rings. The van der Waals surface area contributed by atoms with E-state index in [0.717, 1.165) is 13.1 Å². The molecule has 0 saturated carbocycles. The Labute approximate surface area is 126 Å². The molecule has 1 fully saturated rings. The highest BCUT2D eigenvalue weighted by Gasteiger charge is 2.28. The van der Waals surface area contributed by atoms with Crippen molar-refractivity contribution in [2.45, 2.75) is 44.3 Å². The van der Waals surface area contributed by atoms with Crippen LogP contribution in [0.3, 0.4) is 0 Å². The number of hydrogen-bond acceptors (Lipinski definition) is 2. The van der Waals surface area contributed by atoms with Crippen LogP contribution in [0.1, 0.15) is 32.8 Å². The van der Waals surface area contributed by atoms with Crippen LogP contribution >= 0.6 is 11.8 Å². The summed E-state index contributed by atoms with van der Waals surface area (Å²) in [5.74, 6) is 1.53. The van der Waals surface area contributed by atoms with E-state index >= 15 is 0 Å². The van der Waals surface area contributed by atoms with Crippen molar-refractivity contribution in [3.63, 3.8) is 0 Å². The Bertz CT molecular complexity index is 447. The average Bonchev–Trinajstić information content (AvgIpc) is 2.39. The van der Waals surface area contributed by atoms with Gasteiger partial charge in [0.25, 0.3) is 0 Å². The number of piperidine rings is 1. The van der Waals surface area contributed by atoms with Gasteiger partial charge in [0.1, 0.15) is 0 Å². The van der Waals surface area contributed by atoms with Gasteiger partial charge in [-0.3, -0.25) is 4.79 Å². The van der Waals surface area contributed by atoms with Crippen LogP contribution in [0.4, 0.5) is 0 Å². The maximum absolute atomic E-state index is 12.6. The average molecular weight is 291 g/mol. The van der Waals surface area contributed by atoms with Gasteiger partial charge in [-0.05, 0) is 44.2 Å². The number of benzene rings is 1. The molecule has 0 N–H and O–H groups in total. The summed E-state index contributed by atoms with van der Waals surface area (Å²) in [6.07, 6.45) is 1.24. The van der Waals surface area contributed by atoms with E-state index in [4.69, 9.17) is 0 Å². The van der Waals surface area contributed by atoms with Crippen LogP contribution in [0.5, 0.6) is 0 Å². The molecular weight excluding hydrogens is 266 g/mol. The van der Waals surface area contributed by atoms with Gasteiger partial charge in [-0.15, -0.1) is 11.8 Å². The highest BCUT2D eigenvalue weighted by atomic mass is 32.2. The molecule has 1 aromatic rings. The summed E-state index contributed by atoms with van der Waals surface area (Å²) in [6.45, 7) is 10.4. The molecule has 1 aliphatic heterocycles. The summed E-state index contributed by atoms with van der Waals surface area (Å²) < 4.78 is 0. The highest BCUT2D eigenvalue weighted by Crippen LogP contribution is 2.27. The van der Waals surface area contributed by atoms with Gasteiger partial charge in [-0.1, -0.05) is 31.5 Å². The molecule has 2 nitrogen and oxygen atoms in total. The van der Waals surface area contributed by atoms with E-state index in [0.29, 0.717) is 11.8 Å². The minimum absolute atomic E-state index is 0.00444. The van der Waals surface area contributed by atoms with Crippen molar-refractivity contribution in [1.29, 1.82) is 0 Å². The van der Waals surface area contributed by atoms with E-state index in [-0.39, 0.29) is 11.2 Å². The first kappa shape index (κ1) is 15.4. The van der Waals surface area contributed by atoms with Crippen LogP contribution in [-0.2, 0) is 4.79 Å². The maximum atomic E-state index is 12.6. The minimum atomic E-state index is -0.00444. The SMILES string of the molecule is Cc1ccc(SC(C)C(=O)N2CC(C)CC(C)C2)cc1. The number of amides is 1. The number of aryl methyl sites for hydroxylation is 1. The number of carbonyl (C=O) groups excluding carboxylic acids is 1. The summed E-state index contributed by atoms with van der Waals surface area (Å²) in [5, 5.41) is -0.00444. The van der Waals surface area contributed by atoms with Gasteiger partial charge in [0.2, 0.25) is 5.91 Å². The molecule has 2 rings (SSSR count). The van der Waals surface area contributed by atoms with Gasteiger partial charge in [-0.2, -0.15) is 0 Å². The fourth-order valence-electron chi connectivity index (χ4n) is 2.97. The second-order valence-electron chi connectivity index (χ2n) is 6.26. The van der Waals surface area contributed by atoms with Crippen LogP contribution in [0.25, 0.3) is 0 Å². The predicted molar refractivity (Wildman–Crippen MR) is 86.0 cm³/mol. The summed E-state index contributed by atoms with van der Waals surface area (Å²) >= 11 is 1.67. The second kappa shape index (κ2) is 6.66. The minimum Gasteiger partial charge on any atom is -0.341 e. The first-order chi connectivity index (χ1) is 9.45. The van der Waals surface area contributed by atoms with Crippen molar-refractivity contribution in [2.75, 3.05) is 13.1 Å². The molecule has 3 heteroatoms. The number of nitrogens with zero attached hydrogens (tertiary/aromatic N) is 1. The van der Waals surface area contributed by atoms with Gasteiger partial charge >= 0.3 is 0 Å². The van der Waals surface area contributed by atoms with Crippen molar-refractivity contribution >= 4 is 17.7 Å². The Morgan fingerprint density at radius 1 is 1.20 bits per heavy atom. The third-order valence-electron chi connectivity index (χ3n) is 3.86. The Morgan fingerprint density at radius 3 is 2.30 bits per heavy atom. The molecule has 3 atom stereocenters. The van der Waals surface area contributed by atoms with Crippen molar-refractivity contribution in [1.82, 2.24) is 4.90 Å². The van der Waals surface area contributed by atoms with E-state index in [2.05, 4.69) is 49.9 Å². The molecule has 1 amide bonds. The van der Waals surface area contributed by atoms with Gasteiger partial charge in [0, 0.05) is 18.0 Å². The number of hydrogen-bond donors (Lipinski definition) is 0. The summed E-state index contributed by atoms with van der Waals surface area (Å²) in [4.78, 5) is 15.8. The van der Waals surface area contributed by atoms with E-state index in [9.17, 15) is 4.79 Å². The first-order valence-electron chi connectivity index (χ1n) is 7.48. The summed E-state index contributed by atoms with van der Waals surface area (Å²) in [5.41, 5.74) is 1.26. The Balaban J connectivity index is 1.96. The van der Waals surface area contributed by atoms with Crippen LogP contribution in [-0.4, -0.2) is 29.1 Å². The molecule has 0 spiro atoms. The molecule has 110 valence electrons. The third-order valence-corrected chi connectivity index (χ3v) is 4.96. The molecule has 1 saturated heterocycles. The van der Waals surface area contributed by atoms with E-state index in [1.54, 1.807) is 11.8 Å². The third kappa shape index (κ3) is 4.02. The fourth-order valence-corrected chi connectivity index (χ4v) is 3.92. The van der Waals surface area contributed by atoms with Gasteiger partial charge < -0.3 is 4.90 Å².